The first-order valence-electron chi connectivity index (χ1n) is 7.05. The number of hydrogen-bond acceptors (Lipinski definition) is 5. The van der Waals surface area contributed by atoms with Crippen molar-refractivity contribution in [2.24, 2.45) is 0 Å². The Morgan fingerprint density at radius 3 is 2.90 bits per heavy atom. The smallest absolute Gasteiger partial charge is 0.102 e. The minimum Gasteiger partial charge on any atom is -0.383 e. The van der Waals surface area contributed by atoms with Crippen LogP contribution in [0.3, 0.4) is 0 Å². The van der Waals surface area contributed by atoms with E-state index in [0.717, 1.165) is 61.3 Å². The largest absolute Gasteiger partial charge is 0.383 e. The van der Waals surface area contributed by atoms with E-state index in [2.05, 4.69) is 23.2 Å². The molecule has 108 valence electrons. The monoisotopic (exact) mass is 291 g/mol. The van der Waals surface area contributed by atoms with Crippen LogP contribution in [0.25, 0.3) is 0 Å². The molecular formula is C15H21N3OS. The molecule has 0 unspecified atom stereocenters. The highest BCUT2D eigenvalue weighted by molar-refractivity contribution is 7.99. The Hall–Kier alpha value is -1.22. The molecule has 1 saturated heterocycles. The number of benzene rings is 1. The summed E-state index contributed by atoms with van der Waals surface area (Å²) in [5.41, 5.74) is 1.71. The van der Waals surface area contributed by atoms with Crippen molar-refractivity contribution in [1.29, 1.82) is 5.26 Å². The van der Waals surface area contributed by atoms with Gasteiger partial charge in [0, 0.05) is 31.1 Å². The number of hydrogen-bond donors (Lipinski definition) is 1. The molecule has 0 spiro atoms. The predicted octanol–water partition coefficient (Wildman–Crippen LogP) is 2.41. The predicted molar refractivity (Wildman–Crippen MR) is 83.3 cm³/mol. The van der Waals surface area contributed by atoms with Crippen molar-refractivity contribution in [3.05, 3.63) is 23.8 Å². The van der Waals surface area contributed by atoms with Gasteiger partial charge < -0.3 is 10.1 Å². The highest BCUT2D eigenvalue weighted by Gasteiger charge is 2.11. The van der Waals surface area contributed by atoms with Crippen LogP contribution in [0.1, 0.15) is 12.5 Å². The van der Waals surface area contributed by atoms with Gasteiger partial charge in [-0.2, -0.15) is 5.26 Å². The van der Waals surface area contributed by atoms with Crippen molar-refractivity contribution in [2.45, 2.75) is 11.8 Å². The van der Waals surface area contributed by atoms with E-state index in [-0.39, 0.29) is 0 Å². The molecule has 4 nitrogen and oxygen atoms in total. The van der Waals surface area contributed by atoms with E-state index in [1.165, 1.54) is 0 Å². The van der Waals surface area contributed by atoms with Gasteiger partial charge in [0.05, 0.1) is 24.5 Å². The van der Waals surface area contributed by atoms with Crippen LogP contribution in [0.4, 0.5) is 5.69 Å². The van der Waals surface area contributed by atoms with Crippen molar-refractivity contribution in [1.82, 2.24) is 4.90 Å². The molecule has 0 radical (unpaired) electrons. The minimum atomic E-state index is 0.765. The molecule has 0 bridgehead atoms. The third-order valence-electron chi connectivity index (χ3n) is 3.29. The maximum atomic E-state index is 9.34. The first-order chi connectivity index (χ1) is 9.85. The maximum Gasteiger partial charge on any atom is 0.102 e. The lowest BCUT2D eigenvalue weighted by Crippen LogP contribution is -2.39. The van der Waals surface area contributed by atoms with Crippen molar-refractivity contribution in [2.75, 3.05) is 50.5 Å². The SMILES string of the molecule is CCSc1cccc(NCCN2CCOCC2)c1C#N. The van der Waals surface area contributed by atoms with E-state index in [9.17, 15) is 5.26 Å². The van der Waals surface area contributed by atoms with Crippen LogP contribution in [0, 0.1) is 11.3 Å². The number of thioether (sulfide) groups is 1. The van der Waals surface area contributed by atoms with E-state index < -0.39 is 0 Å². The summed E-state index contributed by atoms with van der Waals surface area (Å²) in [6.45, 7) is 7.59. The van der Waals surface area contributed by atoms with Crippen LogP contribution in [0.5, 0.6) is 0 Å². The number of nitrogens with one attached hydrogen (secondary N) is 1. The van der Waals surface area contributed by atoms with Gasteiger partial charge in [-0.15, -0.1) is 11.8 Å². The number of anilines is 1. The lowest BCUT2D eigenvalue weighted by molar-refractivity contribution is 0.0398. The van der Waals surface area contributed by atoms with Gasteiger partial charge in [-0.1, -0.05) is 13.0 Å². The molecule has 1 aliphatic rings. The van der Waals surface area contributed by atoms with Crippen LogP contribution >= 0.6 is 11.8 Å². The molecule has 2 rings (SSSR count). The zero-order valence-electron chi connectivity index (χ0n) is 11.9. The molecule has 5 heteroatoms. The Morgan fingerprint density at radius 1 is 1.40 bits per heavy atom. The molecule has 1 aliphatic heterocycles. The van der Waals surface area contributed by atoms with Gasteiger partial charge in [-0.25, -0.2) is 0 Å². The second-order valence-electron chi connectivity index (χ2n) is 4.60. The van der Waals surface area contributed by atoms with Gasteiger partial charge in [0.25, 0.3) is 0 Å². The lowest BCUT2D eigenvalue weighted by atomic mass is 10.2. The van der Waals surface area contributed by atoms with Gasteiger partial charge in [0.2, 0.25) is 0 Å². The number of nitriles is 1. The molecule has 20 heavy (non-hydrogen) atoms. The highest BCUT2D eigenvalue weighted by Crippen LogP contribution is 2.27. The van der Waals surface area contributed by atoms with Crippen LogP contribution in [-0.4, -0.2) is 50.0 Å². The zero-order chi connectivity index (χ0) is 14.2. The van der Waals surface area contributed by atoms with Crippen LogP contribution < -0.4 is 5.32 Å². The van der Waals surface area contributed by atoms with E-state index >= 15 is 0 Å². The first-order valence-corrected chi connectivity index (χ1v) is 8.03. The Bertz CT molecular complexity index is 467. The third kappa shape index (κ3) is 4.14. The Morgan fingerprint density at radius 2 is 2.20 bits per heavy atom. The second kappa shape index (κ2) is 8.15. The highest BCUT2D eigenvalue weighted by atomic mass is 32.2. The van der Waals surface area contributed by atoms with Crippen molar-refractivity contribution >= 4 is 17.4 Å². The average molecular weight is 291 g/mol. The summed E-state index contributed by atoms with van der Waals surface area (Å²) < 4.78 is 5.34. The first kappa shape index (κ1) is 15.2. The third-order valence-corrected chi connectivity index (χ3v) is 4.22. The molecule has 1 aromatic carbocycles. The summed E-state index contributed by atoms with van der Waals surface area (Å²) in [7, 11) is 0. The van der Waals surface area contributed by atoms with Crippen LogP contribution in [-0.2, 0) is 4.74 Å². The molecule has 1 heterocycles. The molecular weight excluding hydrogens is 270 g/mol. The molecule has 0 aromatic heterocycles. The summed E-state index contributed by atoms with van der Waals surface area (Å²) in [6.07, 6.45) is 0. The average Bonchev–Trinajstić information content (AvgIpc) is 2.49. The second-order valence-corrected chi connectivity index (χ2v) is 5.91. The fraction of sp³-hybridized carbons (Fsp3) is 0.533. The molecule has 1 N–H and O–H groups in total. The van der Waals surface area contributed by atoms with Crippen LogP contribution in [0.15, 0.2) is 23.1 Å². The molecule has 0 amide bonds. The zero-order valence-corrected chi connectivity index (χ0v) is 12.7. The van der Waals surface area contributed by atoms with Gasteiger partial charge in [0.1, 0.15) is 6.07 Å². The Kier molecular flexibility index (Phi) is 6.19. The van der Waals surface area contributed by atoms with Gasteiger partial charge in [-0.3, -0.25) is 4.90 Å². The van der Waals surface area contributed by atoms with Gasteiger partial charge >= 0.3 is 0 Å². The van der Waals surface area contributed by atoms with E-state index in [1.54, 1.807) is 11.8 Å². The molecule has 0 saturated carbocycles. The summed E-state index contributed by atoms with van der Waals surface area (Å²) in [5.74, 6) is 0.978. The molecule has 1 fully saturated rings. The standard InChI is InChI=1S/C15H21N3OS/c1-2-20-15-5-3-4-14(13(15)12-16)17-6-7-18-8-10-19-11-9-18/h3-5,17H,2,6-11H2,1H3. The topological polar surface area (TPSA) is 48.3 Å². The summed E-state index contributed by atoms with van der Waals surface area (Å²) in [4.78, 5) is 3.44. The molecule has 0 atom stereocenters. The Labute approximate surface area is 125 Å². The summed E-state index contributed by atoms with van der Waals surface area (Å²) in [5, 5.41) is 12.7. The minimum absolute atomic E-state index is 0.765. The normalized spacial score (nSPS) is 15.8. The summed E-state index contributed by atoms with van der Waals surface area (Å²) >= 11 is 1.71. The van der Waals surface area contributed by atoms with Crippen molar-refractivity contribution in [3.8, 4) is 6.07 Å². The molecule has 1 aromatic rings. The number of rotatable bonds is 6. The van der Waals surface area contributed by atoms with Crippen molar-refractivity contribution in [3.63, 3.8) is 0 Å². The Balaban J connectivity index is 1.91. The van der Waals surface area contributed by atoms with E-state index in [4.69, 9.17) is 4.74 Å². The van der Waals surface area contributed by atoms with E-state index in [0.29, 0.717) is 0 Å². The fourth-order valence-electron chi connectivity index (χ4n) is 2.24. The van der Waals surface area contributed by atoms with Crippen molar-refractivity contribution < 1.29 is 4.74 Å². The molecule has 0 aliphatic carbocycles. The number of ether oxygens (including phenoxy) is 1. The number of nitrogens with zero attached hydrogens (tertiary/aromatic N) is 2. The lowest BCUT2D eigenvalue weighted by Gasteiger charge is -2.26. The number of morpholine rings is 1. The fourth-order valence-corrected chi connectivity index (χ4v) is 3.03. The van der Waals surface area contributed by atoms with Gasteiger partial charge in [0.15, 0.2) is 0 Å². The van der Waals surface area contributed by atoms with Crippen LogP contribution in [0.2, 0.25) is 0 Å². The maximum absolute atomic E-state index is 9.34. The quantitative estimate of drug-likeness (QED) is 0.816. The summed E-state index contributed by atoms with van der Waals surface area (Å²) in [6, 6.07) is 8.33. The van der Waals surface area contributed by atoms with E-state index in [1.807, 2.05) is 18.2 Å². The van der Waals surface area contributed by atoms with Gasteiger partial charge in [-0.05, 0) is 17.9 Å².